The lowest BCUT2D eigenvalue weighted by molar-refractivity contribution is 0.0963. The van der Waals surface area contributed by atoms with Gasteiger partial charge in [-0.1, -0.05) is 36.7 Å². The number of anilines is 1. The molecule has 0 radical (unpaired) electrons. The van der Waals surface area contributed by atoms with E-state index in [4.69, 9.17) is 25.8 Å². The van der Waals surface area contributed by atoms with E-state index in [0.717, 1.165) is 42.9 Å². The third-order valence-corrected chi connectivity index (χ3v) is 13.7. The maximum Gasteiger partial charge on any atom is 0.316 e. The SMILES string of the molecule is COc1ncc(C(=O)N[S@@]2(=O)=NC(=O)c3ccc4c(c3)N(C[C@@]3(CCCc5cc(Cl)ccc53)CO4)C[C@]34CC3[C@H]4[C@@H](OC)/C=C/C[C@H](C)C2)cn1. The Morgan fingerprint density at radius 3 is 2.73 bits per heavy atom. The number of nitrogens with zero attached hydrogens (tertiary/aromatic N) is 4. The molecule has 13 heteroatoms. The number of carbonyl (C=O) groups is 2. The van der Waals surface area contributed by atoms with E-state index < -0.39 is 21.7 Å². The van der Waals surface area contributed by atoms with Gasteiger partial charge < -0.3 is 19.1 Å². The van der Waals surface area contributed by atoms with Crippen LogP contribution in [0.25, 0.3) is 0 Å². The van der Waals surface area contributed by atoms with Crippen molar-refractivity contribution in [2.45, 2.75) is 50.5 Å². The molecule has 5 aliphatic rings. The molecule has 2 aliphatic heterocycles. The smallest absolute Gasteiger partial charge is 0.316 e. The van der Waals surface area contributed by atoms with Crippen LogP contribution >= 0.6 is 11.6 Å². The summed E-state index contributed by atoms with van der Waals surface area (Å²) in [6, 6.07) is 11.6. The number of fused-ring (bicyclic) bond motifs is 4. The average Bonchev–Trinajstić information content (AvgIpc) is 4.00. The summed E-state index contributed by atoms with van der Waals surface area (Å²) >= 11 is 6.46. The van der Waals surface area contributed by atoms with Gasteiger partial charge in [0.25, 0.3) is 11.8 Å². The Labute approximate surface area is 303 Å². The van der Waals surface area contributed by atoms with Gasteiger partial charge in [0.15, 0.2) is 0 Å². The molecular weight excluding hydrogens is 690 g/mol. The fraction of sp³-hybridized carbons (Fsp3) is 0.474. The molecular formula is C38H42ClN5O6S. The van der Waals surface area contributed by atoms with Crippen molar-refractivity contribution in [2.75, 3.05) is 44.6 Å². The van der Waals surface area contributed by atoms with Crippen LogP contribution in [-0.2, 0) is 26.5 Å². The van der Waals surface area contributed by atoms with Crippen LogP contribution in [0.2, 0.25) is 5.02 Å². The maximum atomic E-state index is 14.5. The number of halogens is 1. The van der Waals surface area contributed by atoms with Crippen LogP contribution < -0.4 is 19.1 Å². The highest BCUT2D eigenvalue weighted by molar-refractivity contribution is 7.92. The van der Waals surface area contributed by atoms with E-state index >= 15 is 0 Å². The zero-order valence-corrected chi connectivity index (χ0v) is 30.5. The van der Waals surface area contributed by atoms with E-state index in [1.807, 2.05) is 25.1 Å². The van der Waals surface area contributed by atoms with Gasteiger partial charge in [-0.15, -0.1) is 4.36 Å². The van der Waals surface area contributed by atoms with Crippen LogP contribution in [0.4, 0.5) is 5.69 Å². The lowest BCUT2D eigenvalue weighted by atomic mass is 9.70. The van der Waals surface area contributed by atoms with Gasteiger partial charge >= 0.3 is 6.01 Å². The summed E-state index contributed by atoms with van der Waals surface area (Å²) in [4.78, 5) is 37.7. The number of aromatic nitrogens is 2. The summed E-state index contributed by atoms with van der Waals surface area (Å²) < 4.78 is 39.0. The molecule has 2 fully saturated rings. The highest BCUT2D eigenvalue weighted by Gasteiger charge is 2.80. The second kappa shape index (κ2) is 12.9. The van der Waals surface area contributed by atoms with Crippen LogP contribution in [-0.4, -0.2) is 71.8 Å². The fourth-order valence-corrected chi connectivity index (χ4v) is 10.9. The number of ether oxygens (including phenoxy) is 3. The minimum atomic E-state index is -3.58. The Kier molecular flexibility index (Phi) is 8.62. The minimum absolute atomic E-state index is 0.0361. The summed E-state index contributed by atoms with van der Waals surface area (Å²) in [5, 5.41) is 0.735. The van der Waals surface area contributed by atoms with Crippen LogP contribution in [0, 0.1) is 23.2 Å². The Morgan fingerprint density at radius 1 is 1.14 bits per heavy atom. The molecule has 2 aromatic carbocycles. The Morgan fingerprint density at radius 2 is 1.96 bits per heavy atom. The molecule has 1 aromatic heterocycles. The van der Waals surface area contributed by atoms with Gasteiger partial charge in [-0.2, -0.15) is 0 Å². The Bertz CT molecular complexity index is 2050. The number of rotatable bonds is 4. The topological polar surface area (TPSA) is 132 Å². The second-order valence-electron chi connectivity index (χ2n) is 14.9. The number of amides is 2. The standard InChI is InChI=1S/C38H42ClN5O6S/c1-23-6-4-8-32(48-2)33-29-16-38(29,33)21-44-20-37(13-5-7-24-14-27(39)10-11-28(24)37)22-50-31-12-9-25(15-30(31)44)34(45)42-51(47,19-23)43-35(46)26-17-40-36(49-3)41-18-26/h4,8-12,14-15,17-18,23,29,32-33H,5-7,13,16,19-22H2,1-3H3,(H,42,43,45,46,47)/b8-4+/t23-,29?,32-,33-,37-,38+,51-/m0/s1. The molecule has 0 saturated heterocycles. The molecule has 3 heterocycles. The average molecular weight is 732 g/mol. The maximum absolute atomic E-state index is 14.5. The minimum Gasteiger partial charge on any atom is -0.490 e. The van der Waals surface area contributed by atoms with Crippen molar-refractivity contribution < 1.29 is 28.0 Å². The zero-order chi connectivity index (χ0) is 35.5. The first-order chi connectivity index (χ1) is 24.5. The van der Waals surface area contributed by atoms with Gasteiger partial charge in [-0.3, -0.25) is 14.3 Å². The van der Waals surface area contributed by atoms with Crippen LogP contribution in [0.5, 0.6) is 11.8 Å². The molecule has 3 aromatic rings. The number of carbonyl (C=O) groups excluding carboxylic acids is 2. The highest BCUT2D eigenvalue weighted by Crippen LogP contribution is 2.81. The van der Waals surface area contributed by atoms with E-state index in [2.05, 4.69) is 48.2 Å². The lowest BCUT2D eigenvalue weighted by Gasteiger charge is -2.41. The van der Waals surface area contributed by atoms with Crippen LogP contribution in [0.1, 0.15) is 64.4 Å². The molecule has 51 heavy (non-hydrogen) atoms. The van der Waals surface area contributed by atoms with Crippen molar-refractivity contribution in [1.29, 1.82) is 0 Å². The molecule has 1 N–H and O–H groups in total. The van der Waals surface area contributed by atoms with E-state index in [-0.39, 0.29) is 45.7 Å². The summed E-state index contributed by atoms with van der Waals surface area (Å²) in [5.74, 6) is 0.0653. The molecule has 2 amide bonds. The molecule has 11 nitrogen and oxygen atoms in total. The van der Waals surface area contributed by atoms with Crippen LogP contribution in [0.3, 0.4) is 0 Å². The van der Waals surface area contributed by atoms with Crippen LogP contribution in [0.15, 0.2) is 65.3 Å². The second-order valence-corrected chi connectivity index (χ2v) is 17.3. The van der Waals surface area contributed by atoms with Crippen molar-refractivity contribution in [1.82, 2.24) is 14.7 Å². The predicted molar refractivity (Wildman–Crippen MR) is 194 cm³/mol. The first-order valence-corrected chi connectivity index (χ1v) is 19.6. The van der Waals surface area contributed by atoms with Crippen molar-refractivity contribution in [3.63, 3.8) is 0 Å². The Balaban J connectivity index is 1.19. The number of aryl methyl sites for hydroxylation is 1. The fourth-order valence-electron chi connectivity index (χ4n) is 8.76. The van der Waals surface area contributed by atoms with Crippen molar-refractivity contribution in [3.8, 4) is 11.8 Å². The third kappa shape index (κ3) is 6.29. The number of allylic oxidation sites excluding steroid dienone is 1. The predicted octanol–water partition coefficient (Wildman–Crippen LogP) is 5.81. The van der Waals surface area contributed by atoms with Crippen molar-refractivity contribution in [3.05, 3.63) is 88.2 Å². The lowest BCUT2D eigenvalue weighted by Crippen LogP contribution is -2.47. The van der Waals surface area contributed by atoms with Crippen molar-refractivity contribution >= 4 is 39.0 Å². The quantitative estimate of drug-likeness (QED) is 0.330. The molecule has 2 saturated carbocycles. The molecule has 2 spiro atoms. The van der Waals surface area contributed by atoms with Gasteiger partial charge in [-0.05, 0) is 96.7 Å². The summed E-state index contributed by atoms with van der Waals surface area (Å²) in [6.45, 7) is 3.95. The van der Waals surface area contributed by atoms with E-state index in [1.54, 1.807) is 13.2 Å². The van der Waals surface area contributed by atoms with Gasteiger partial charge in [-0.25, -0.2) is 14.2 Å². The van der Waals surface area contributed by atoms with Gasteiger partial charge in [0.05, 0.1) is 36.8 Å². The first kappa shape index (κ1) is 34.1. The van der Waals surface area contributed by atoms with E-state index in [0.29, 0.717) is 37.2 Å². The molecule has 8 rings (SSSR count). The molecule has 268 valence electrons. The monoisotopic (exact) mass is 731 g/mol. The number of hydrogen-bond acceptors (Lipinski definition) is 9. The number of benzene rings is 2. The number of methoxy groups -OCH3 is 2. The molecule has 2 bridgehead atoms. The highest BCUT2D eigenvalue weighted by atomic mass is 35.5. The normalized spacial score (nSPS) is 32.9. The number of nitrogens with one attached hydrogen (secondary N) is 1. The zero-order valence-electron chi connectivity index (χ0n) is 29.0. The first-order valence-electron chi connectivity index (χ1n) is 17.5. The Hall–Kier alpha value is -4.00. The third-order valence-electron chi connectivity index (χ3n) is 11.5. The summed E-state index contributed by atoms with van der Waals surface area (Å²) in [7, 11) is -0.403. The van der Waals surface area contributed by atoms with Gasteiger partial charge in [0.2, 0.25) is 0 Å². The molecule has 7 atom stereocenters. The van der Waals surface area contributed by atoms with Crippen molar-refractivity contribution in [2.24, 2.45) is 27.5 Å². The number of hydrogen-bond donors (Lipinski definition) is 1. The van der Waals surface area contributed by atoms with Gasteiger partial charge in [0.1, 0.15) is 15.7 Å². The van der Waals surface area contributed by atoms with E-state index in [9.17, 15) is 13.8 Å². The largest absolute Gasteiger partial charge is 0.490 e. The van der Waals surface area contributed by atoms with Gasteiger partial charge in [0, 0.05) is 48.6 Å². The molecule has 3 aliphatic carbocycles. The van der Waals surface area contributed by atoms with E-state index in [1.165, 1.54) is 30.6 Å². The summed E-state index contributed by atoms with van der Waals surface area (Å²) in [5.41, 5.74) is 3.55. The summed E-state index contributed by atoms with van der Waals surface area (Å²) in [6.07, 6.45) is 11.4. The molecule has 1 unspecified atom stereocenters.